The second kappa shape index (κ2) is 10.2. The normalized spacial score (nSPS) is 12.2. The number of nitrogens with zero attached hydrogens (tertiary/aromatic N) is 2. The highest BCUT2D eigenvalue weighted by Gasteiger charge is 2.31. The average Bonchev–Trinajstić information content (AvgIpc) is 2.51. The number of alkyl halides is 3. The van der Waals surface area contributed by atoms with Gasteiger partial charge in [0.25, 0.3) is 0 Å². The van der Waals surface area contributed by atoms with Crippen LogP contribution in [0.1, 0.15) is 12.5 Å². The maximum absolute atomic E-state index is 12.5. The van der Waals surface area contributed by atoms with Crippen LogP contribution in [0, 0.1) is 0 Å². The quantitative estimate of drug-likeness (QED) is 0.419. The van der Waals surface area contributed by atoms with Gasteiger partial charge in [-0.15, -0.1) is 0 Å². The summed E-state index contributed by atoms with van der Waals surface area (Å²) in [6.07, 6.45) is -3.80. The zero-order valence-corrected chi connectivity index (χ0v) is 14.2. The molecule has 0 unspecified atom stereocenters. The minimum absolute atomic E-state index is 0.0483. The summed E-state index contributed by atoms with van der Waals surface area (Å²) in [6, 6.07) is 0.785. The third-order valence-electron chi connectivity index (χ3n) is 2.68. The van der Waals surface area contributed by atoms with E-state index in [2.05, 4.69) is 20.6 Å². The molecule has 6 nitrogen and oxygen atoms in total. The number of rotatable bonds is 8. The summed E-state index contributed by atoms with van der Waals surface area (Å²) in [5.41, 5.74) is -0.919. The van der Waals surface area contributed by atoms with E-state index in [9.17, 15) is 13.2 Å². The van der Waals surface area contributed by atoms with E-state index in [0.29, 0.717) is 38.4 Å². The van der Waals surface area contributed by atoms with Crippen LogP contribution < -0.4 is 15.4 Å². The van der Waals surface area contributed by atoms with Gasteiger partial charge < -0.3 is 20.1 Å². The summed E-state index contributed by atoms with van der Waals surface area (Å²) in [7, 11) is 1.59. The lowest BCUT2D eigenvalue weighted by molar-refractivity contribution is -0.137. The van der Waals surface area contributed by atoms with Gasteiger partial charge in [-0.05, 0) is 13.0 Å². The monoisotopic (exact) mass is 368 g/mol. The minimum Gasteiger partial charge on any atom is -0.475 e. The first-order valence-corrected chi connectivity index (χ1v) is 7.63. The molecule has 0 aliphatic rings. The molecule has 0 aliphatic carbocycles. The van der Waals surface area contributed by atoms with Crippen LogP contribution in [0.3, 0.4) is 0 Å². The molecular formula is C14H20ClF3N4O2. The highest BCUT2D eigenvalue weighted by Crippen LogP contribution is 2.32. The smallest absolute Gasteiger partial charge is 0.417 e. The lowest BCUT2D eigenvalue weighted by atomic mass is 10.3. The number of hydrogen-bond donors (Lipinski definition) is 2. The van der Waals surface area contributed by atoms with Crippen LogP contribution >= 0.6 is 11.6 Å². The van der Waals surface area contributed by atoms with Gasteiger partial charge in [0, 0.05) is 19.9 Å². The van der Waals surface area contributed by atoms with Crippen molar-refractivity contribution in [3.63, 3.8) is 0 Å². The molecule has 1 aromatic rings. The summed E-state index contributed by atoms with van der Waals surface area (Å²) < 4.78 is 47.7. The Morgan fingerprint density at radius 1 is 1.33 bits per heavy atom. The third kappa shape index (κ3) is 7.22. The van der Waals surface area contributed by atoms with Gasteiger partial charge in [-0.1, -0.05) is 11.6 Å². The average molecular weight is 369 g/mol. The Balaban J connectivity index is 2.47. The fraction of sp³-hybridized carbons (Fsp3) is 0.571. The maximum atomic E-state index is 12.5. The molecule has 0 aromatic carbocycles. The van der Waals surface area contributed by atoms with Crippen LogP contribution in [0.5, 0.6) is 5.88 Å². The maximum Gasteiger partial charge on any atom is 0.417 e. The molecule has 0 saturated carbocycles. The summed E-state index contributed by atoms with van der Waals surface area (Å²) in [5.74, 6) is 0.539. The molecular weight excluding hydrogens is 349 g/mol. The molecule has 0 spiro atoms. The van der Waals surface area contributed by atoms with Gasteiger partial charge in [-0.25, -0.2) is 4.98 Å². The summed E-state index contributed by atoms with van der Waals surface area (Å²) in [4.78, 5) is 7.85. The molecule has 0 radical (unpaired) electrons. The molecule has 24 heavy (non-hydrogen) atoms. The van der Waals surface area contributed by atoms with Crippen molar-refractivity contribution in [2.75, 3.05) is 40.0 Å². The van der Waals surface area contributed by atoms with Crippen LogP contribution in [-0.2, 0) is 10.9 Å². The van der Waals surface area contributed by atoms with Gasteiger partial charge in [0.15, 0.2) is 5.96 Å². The molecule has 10 heteroatoms. The Bertz CT molecular complexity index is 541. The van der Waals surface area contributed by atoms with Crippen molar-refractivity contribution in [1.82, 2.24) is 15.6 Å². The number of methoxy groups -OCH3 is 1. The lowest BCUT2D eigenvalue weighted by Gasteiger charge is -2.13. The summed E-state index contributed by atoms with van der Waals surface area (Å²) in [6.45, 7) is 4.14. The first-order valence-electron chi connectivity index (χ1n) is 7.25. The number of pyridine rings is 1. The van der Waals surface area contributed by atoms with Crippen molar-refractivity contribution in [1.29, 1.82) is 0 Å². The number of ether oxygens (including phenoxy) is 2. The van der Waals surface area contributed by atoms with E-state index in [0.717, 1.165) is 6.07 Å². The number of aromatic nitrogens is 1. The van der Waals surface area contributed by atoms with E-state index < -0.39 is 11.7 Å². The summed E-state index contributed by atoms with van der Waals surface area (Å²) >= 11 is 5.75. The fourth-order valence-corrected chi connectivity index (χ4v) is 1.82. The van der Waals surface area contributed by atoms with E-state index >= 15 is 0 Å². The molecule has 136 valence electrons. The van der Waals surface area contributed by atoms with Crippen molar-refractivity contribution in [3.05, 3.63) is 22.8 Å². The number of hydrogen-bond acceptors (Lipinski definition) is 4. The summed E-state index contributed by atoms with van der Waals surface area (Å²) in [5, 5.41) is 5.86. The first-order chi connectivity index (χ1) is 11.4. The predicted molar refractivity (Wildman–Crippen MR) is 85.6 cm³/mol. The van der Waals surface area contributed by atoms with Gasteiger partial charge in [-0.3, -0.25) is 4.99 Å². The van der Waals surface area contributed by atoms with E-state index in [1.165, 1.54) is 0 Å². The largest absolute Gasteiger partial charge is 0.475 e. The standard InChI is InChI=1S/C14H20ClF3N4O2/c1-3-19-13(20-4-6-23-2)21-5-7-24-12-11(15)8-10(9-22-12)14(16,17)18/h8-9H,3-7H2,1-2H3,(H2,19,20,21). The molecule has 0 atom stereocenters. The van der Waals surface area contributed by atoms with Crippen LogP contribution in [0.25, 0.3) is 0 Å². The Morgan fingerprint density at radius 3 is 2.67 bits per heavy atom. The van der Waals surface area contributed by atoms with Crippen LogP contribution in [0.15, 0.2) is 17.3 Å². The number of nitrogens with one attached hydrogen (secondary N) is 2. The van der Waals surface area contributed by atoms with Gasteiger partial charge in [0.2, 0.25) is 5.88 Å². The topological polar surface area (TPSA) is 67.8 Å². The molecule has 0 saturated heterocycles. The molecule has 0 bridgehead atoms. The predicted octanol–water partition coefficient (Wildman–Crippen LogP) is 2.33. The zero-order chi connectivity index (χ0) is 18.0. The van der Waals surface area contributed by atoms with E-state index in [4.69, 9.17) is 21.1 Å². The SMILES string of the molecule is CCNC(=NCCOC)NCCOc1ncc(C(F)(F)F)cc1Cl. The van der Waals surface area contributed by atoms with Crippen molar-refractivity contribution in [2.45, 2.75) is 13.1 Å². The van der Waals surface area contributed by atoms with Gasteiger partial charge in [-0.2, -0.15) is 13.2 Å². The molecule has 1 rings (SSSR count). The van der Waals surface area contributed by atoms with E-state index in [-0.39, 0.29) is 17.5 Å². The fourth-order valence-electron chi connectivity index (χ4n) is 1.59. The molecule has 0 aliphatic heterocycles. The Morgan fingerprint density at radius 2 is 2.08 bits per heavy atom. The van der Waals surface area contributed by atoms with Crippen molar-refractivity contribution in [2.24, 2.45) is 4.99 Å². The second-order valence-electron chi connectivity index (χ2n) is 4.54. The Kier molecular flexibility index (Phi) is 8.62. The van der Waals surface area contributed by atoms with Crippen molar-refractivity contribution < 1.29 is 22.6 Å². The molecule has 2 N–H and O–H groups in total. The number of aliphatic imine (C=N–C) groups is 1. The van der Waals surface area contributed by atoms with Crippen molar-refractivity contribution in [3.8, 4) is 5.88 Å². The molecule has 0 amide bonds. The van der Waals surface area contributed by atoms with Crippen molar-refractivity contribution >= 4 is 17.6 Å². The van der Waals surface area contributed by atoms with Crippen LogP contribution in [0.2, 0.25) is 5.02 Å². The van der Waals surface area contributed by atoms with E-state index in [1.54, 1.807) is 7.11 Å². The second-order valence-corrected chi connectivity index (χ2v) is 4.94. The highest BCUT2D eigenvalue weighted by molar-refractivity contribution is 6.31. The highest BCUT2D eigenvalue weighted by atomic mass is 35.5. The third-order valence-corrected chi connectivity index (χ3v) is 2.95. The van der Waals surface area contributed by atoms with Crippen LogP contribution in [0.4, 0.5) is 13.2 Å². The number of guanidine groups is 1. The van der Waals surface area contributed by atoms with Gasteiger partial charge >= 0.3 is 6.18 Å². The molecule has 1 aromatic heterocycles. The Hall–Kier alpha value is -1.74. The minimum atomic E-state index is -4.49. The van der Waals surface area contributed by atoms with Crippen LogP contribution in [-0.4, -0.2) is 50.9 Å². The lowest BCUT2D eigenvalue weighted by Crippen LogP contribution is -2.39. The first kappa shape index (κ1) is 20.3. The molecule has 1 heterocycles. The van der Waals surface area contributed by atoms with Gasteiger partial charge in [0.05, 0.1) is 25.3 Å². The molecule has 0 fully saturated rings. The zero-order valence-electron chi connectivity index (χ0n) is 13.4. The van der Waals surface area contributed by atoms with E-state index in [1.807, 2.05) is 6.92 Å². The number of halogens is 4. The Labute approximate surface area is 143 Å². The van der Waals surface area contributed by atoms with Gasteiger partial charge in [0.1, 0.15) is 11.6 Å².